The Morgan fingerprint density at radius 1 is 1.12 bits per heavy atom. The highest BCUT2D eigenvalue weighted by molar-refractivity contribution is 5.89. The number of imidazole rings is 1. The minimum Gasteiger partial charge on any atom is -1.00 e. The number of hydrogen-bond donors (Lipinski definition) is 1. The largest absolute Gasteiger partial charge is 1.00 e. The van der Waals surface area contributed by atoms with E-state index in [1.165, 1.54) is 6.07 Å². The van der Waals surface area contributed by atoms with Crippen LogP contribution in [0.2, 0.25) is 0 Å². The third-order valence-corrected chi connectivity index (χ3v) is 4.53. The molecular formula is C20H19ClFN3O. The number of hydrogen-bond acceptors (Lipinski definition) is 1. The number of nitrogens with one attached hydrogen (secondary N) is 1. The molecule has 134 valence electrons. The molecule has 26 heavy (non-hydrogen) atoms. The van der Waals surface area contributed by atoms with Crippen LogP contribution in [0.25, 0.3) is 11.3 Å². The first kappa shape index (κ1) is 18.1. The molecule has 1 aliphatic heterocycles. The second kappa shape index (κ2) is 7.70. The molecule has 0 spiro atoms. The van der Waals surface area contributed by atoms with Crippen LogP contribution in [-0.4, -0.2) is 10.5 Å². The quantitative estimate of drug-likeness (QED) is 0.652. The van der Waals surface area contributed by atoms with Crippen LogP contribution in [-0.2, 0) is 24.3 Å². The van der Waals surface area contributed by atoms with Gasteiger partial charge in [0.1, 0.15) is 12.0 Å². The van der Waals surface area contributed by atoms with Gasteiger partial charge in [0.05, 0.1) is 18.7 Å². The lowest BCUT2D eigenvalue weighted by Gasteiger charge is -2.05. The molecule has 6 heteroatoms. The van der Waals surface area contributed by atoms with E-state index in [4.69, 9.17) is 0 Å². The predicted octanol–water partition coefficient (Wildman–Crippen LogP) is 0.171. The van der Waals surface area contributed by atoms with E-state index < -0.39 is 5.82 Å². The summed E-state index contributed by atoms with van der Waals surface area (Å²) in [5, 5.41) is 2.65. The molecule has 4 rings (SSSR count). The van der Waals surface area contributed by atoms with E-state index in [-0.39, 0.29) is 30.5 Å². The van der Waals surface area contributed by atoms with Gasteiger partial charge in [-0.3, -0.25) is 4.79 Å². The van der Waals surface area contributed by atoms with Crippen LogP contribution in [0.5, 0.6) is 0 Å². The number of halogens is 2. The maximum atomic E-state index is 13.7. The van der Waals surface area contributed by atoms with Crippen molar-refractivity contribution >= 4 is 11.6 Å². The summed E-state index contributed by atoms with van der Waals surface area (Å²) in [6, 6.07) is 16.4. The Hall–Kier alpha value is -2.66. The van der Waals surface area contributed by atoms with Gasteiger partial charge < -0.3 is 17.7 Å². The molecule has 0 radical (unpaired) electrons. The molecular weight excluding hydrogens is 353 g/mol. The van der Waals surface area contributed by atoms with Gasteiger partial charge in [0.25, 0.3) is 11.7 Å². The fourth-order valence-corrected chi connectivity index (χ4v) is 3.39. The SMILES string of the molecule is O=C(C[n+]1cc(-c2ccccc2)n2c1CCC2)Nc1ccccc1F.[Cl-]. The van der Waals surface area contributed by atoms with Gasteiger partial charge in [0.2, 0.25) is 0 Å². The van der Waals surface area contributed by atoms with Crippen molar-refractivity contribution < 1.29 is 26.2 Å². The van der Waals surface area contributed by atoms with Crippen molar-refractivity contribution in [2.45, 2.75) is 25.9 Å². The fourth-order valence-electron chi connectivity index (χ4n) is 3.39. The number of para-hydroxylation sites is 1. The van der Waals surface area contributed by atoms with E-state index in [0.29, 0.717) is 0 Å². The van der Waals surface area contributed by atoms with Gasteiger partial charge in [0, 0.05) is 5.56 Å². The average molecular weight is 372 g/mol. The standard InChI is InChI=1S/C20H18FN3O.ClH/c21-16-9-4-5-10-17(16)22-19(25)14-23-13-18(15-7-2-1-3-8-15)24-12-6-11-20(23)24;/h1-5,7-10,13H,6,11-12,14H2;1H. The minimum absolute atomic E-state index is 0. The Bertz CT molecular complexity index is 924. The lowest BCUT2D eigenvalue weighted by Crippen LogP contribution is -3.00. The minimum atomic E-state index is -0.423. The van der Waals surface area contributed by atoms with Crippen LogP contribution in [0.1, 0.15) is 12.2 Å². The van der Waals surface area contributed by atoms with Gasteiger partial charge in [-0.1, -0.05) is 42.5 Å². The van der Waals surface area contributed by atoms with Crippen molar-refractivity contribution in [2.75, 3.05) is 5.32 Å². The Morgan fingerprint density at radius 3 is 2.62 bits per heavy atom. The van der Waals surface area contributed by atoms with Crippen molar-refractivity contribution in [3.8, 4) is 11.3 Å². The Labute approximate surface area is 157 Å². The van der Waals surface area contributed by atoms with Crippen LogP contribution in [0.4, 0.5) is 10.1 Å². The smallest absolute Gasteiger partial charge is 0.266 e. The number of amides is 1. The van der Waals surface area contributed by atoms with Crippen molar-refractivity contribution in [1.82, 2.24) is 4.57 Å². The van der Waals surface area contributed by atoms with E-state index >= 15 is 0 Å². The number of anilines is 1. The number of carbonyl (C=O) groups is 1. The van der Waals surface area contributed by atoms with Crippen molar-refractivity contribution in [3.63, 3.8) is 0 Å². The van der Waals surface area contributed by atoms with Crippen LogP contribution in [0, 0.1) is 5.82 Å². The summed E-state index contributed by atoms with van der Waals surface area (Å²) in [7, 11) is 0. The topological polar surface area (TPSA) is 37.9 Å². The summed E-state index contributed by atoms with van der Waals surface area (Å²) in [4.78, 5) is 12.4. The lowest BCUT2D eigenvalue weighted by molar-refractivity contribution is -0.690. The van der Waals surface area contributed by atoms with Gasteiger partial charge >= 0.3 is 0 Å². The van der Waals surface area contributed by atoms with Gasteiger partial charge in [-0.2, -0.15) is 0 Å². The number of nitrogens with zero attached hydrogens (tertiary/aromatic N) is 2. The third kappa shape index (κ3) is 3.48. The molecule has 0 aliphatic carbocycles. The summed E-state index contributed by atoms with van der Waals surface area (Å²) in [6.45, 7) is 1.14. The molecule has 0 saturated carbocycles. The molecule has 1 aromatic heterocycles. The molecule has 0 unspecified atom stereocenters. The molecule has 2 aromatic carbocycles. The molecule has 0 fully saturated rings. The zero-order valence-corrected chi connectivity index (χ0v) is 14.9. The lowest BCUT2D eigenvalue weighted by atomic mass is 10.2. The molecule has 0 bridgehead atoms. The predicted molar refractivity (Wildman–Crippen MR) is 93.4 cm³/mol. The fraction of sp³-hybridized carbons (Fsp3) is 0.200. The Morgan fingerprint density at radius 2 is 1.85 bits per heavy atom. The summed E-state index contributed by atoms with van der Waals surface area (Å²) in [5.74, 6) is 0.491. The molecule has 0 saturated heterocycles. The molecule has 3 aromatic rings. The van der Waals surface area contributed by atoms with Crippen molar-refractivity contribution in [1.29, 1.82) is 0 Å². The Balaban J connectivity index is 0.00000196. The zero-order valence-electron chi connectivity index (χ0n) is 14.2. The van der Waals surface area contributed by atoms with E-state index in [0.717, 1.165) is 36.5 Å². The van der Waals surface area contributed by atoms with Gasteiger partial charge in [-0.15, -0.1) is 0 Å². The summed E-state index contributed by atoms with van der Waals surface area (Å²) in [5.41, 5.74) is 2.47. The molecule has 1 amide bonds. The number of aromatic nitrogens is 2. The monoisotopic (exact) mass is 371 g/mol. The van der Waals surface area contributed by atoms with E-state index in [9.17, 15) is 9.18 Å². The third-order valence-electron chi connectivity index (χ3n) is 4.53. The highest BCUT2D eigenvalue weighted by Gasteiger charge is 2.29. The first-order valence-corrected chi connectivity index (χ1v) is 8.44. The first-order valence-electron chi connectivity index (χ1n) is 8.44. The molecule has 2 heterocycles. The van der Waals surface area contributed by atoms with Crippen LogP contribution < -0.4 is 22.3 Å². The van der Waals surface area contributed by atoms with Gasteiger partial charge in [0.15, 0.2) is 12.2 Å². The van der Waals surface area contributed by atoms with E-state index in [1.54, 1.807) is 18.2 Å². The number of benzene rings is 2. The summed E-state index contributed by atoms with van der Waals surface area (Å²) >= 11 is 0. The number of fused-ring (bicyclic) bond motifs is 1. The van der Waals surface area contributed by atoms with Crippen LogP contribution in [0.15, 0.2) is 60.8 Å². The highest BCUT2D eigenvalue weighted by Crippen LogP contribution is 2.24. The van der Waals surface area contributed by atoms with E-state index in [2.05, 4.69) is 22.0 Å². The molecule has 0 atom stereocenters. The normalized spacial score (nSPS) is 12.3. The Kier molecular flexibility index (Phi) is 5.38. The highest BCUT2D eigenvalue weighted by atomic mass is 35.5. The van der Waals surface area contributed by atoms with Crippen molar-refractivity contribution in [2.24, 2.45) is 0 Å². The van der Waals surface area contributed by atoms with Crippen molar-refractivity contribution in [3.05, 3.63) is 72.4 Å². The molecule has 4 nitrogen and oxygen atoms in total. The maximum absolute atomic E-state index is 13.7. The second-order valence-electron chi connectivity index (χ2n) is 6.21. The van der Waals surface area contributed by atoms with Crippen LogP contribution >= 0.6 is 0 Å². The molecule has 1 aliphatic rings. The summed E-state index contributed by atoms with van der Waals surface area (Å²) in [6.07, 6.45) is 4.04. The maximum Gasteiger partial charge on any atom is 0.266 e. The van der Waals surface area contributed by atoms with Gasteiger partial charge in [-0.25, -0.2) is 13.5 Å². The second-order valence-corrected chi connectivity index (χ2v) is 6.21. The number of carbonyl (C=O) groups excluding carboxylic acids is 1. The van der Waals surface area contributed by atoms with Crippen LogP contribution in [0.3, 0.4) is 0 Å². The zero-order chi connectivity index (χ0) is 17.2. The molecule has 1 N–H and O–H groups in total. The average Bonchev–Trinajstić information content (AvgIpc) is 3.22. The van der Waals surface area contributed by atoms with Gasteiger partial charge in [-0.05, 0) is 18.6 Å². The van der Waals surface area contributed by atoms with E-state index in [1.807, 2.05) is 29.0 Å². The first-order chi connectivity index (χ1) is 12.2. The summed E-state index contributed by atoms with van der Waals surface area (Å²) < 4.78 is 18.0. The number of rotatable bonds is 4.